The number of urea groups is 1. The van der Waals surface area contributed by atoms with E-state index in [0.29, 0.717) is 29.4 Å². The van der Waals surface area contributed by atoms with Gasteiger partial charge in [0.2, 0.25) is 0 Å². The summed E-state index contributed by atoms with van der Waals surface area (Å²) >= 11 is 6.15. The fourth-order valence-corrected chi connectivity index (χ4v) is 2.93. The van der Waals surface area contributed by atoms with Gasteiger partial charge in [0.05, 0.1) is 10.7 Å². The highest BCUT2D eigenvalue weighted by Crippen LogP contribution is 2.28. The van der Waals surface area contributed by atoms with Crippen molar-refractivity contribution >= 4 is 35.2 Å². The van der Waals surface area contributed by atoms with Gasteiger partial charge < -0.3 is 15.7 Å². The van der Waals surface area contributed by atoms with Gasteiger partial charge in [-0.1, -0.05) is 41.9 Å². The lowest BCUT2D eigenvalue weighted by molar-refractivity contribution is -0.139. The molecule has 0 aliphatic carbocycles. The third-order valence-electron chi connectivity index (χ3n) is 4.01. The molecule has 0 unspecified atom stereocenters. The number of halogens is 1. The quantitative estimate of drug-likeness (QED) is 0.749. The highest BCUT2D eigenvalue weighted by atomic mass is 35.5. The maximum absolute atomic E-state index is 12.6. The summed E-state index contributed by atoms with van der Waals surface area (Å²) in [5, 5.41) is 14.9. The first-order valence-electron chi connectivity index (χ1n) is 7.91. The Bertz CT molecular complexity index is 857. The van der Waals surface area contributed by atoms with Crippen molar-refractivity contribution in [2.75, 3.05) is 18.0 Å². The summed E-state index contributed by atoms with van der Waals surface area (Å²) in [6.07, 6.45) is 0. The molecule has 1 aliphatic rings. The summed E-state index contributed by atoms with van der Waals surface area (Å²) in [6.45, 7) is 0.923. The molecular formula is C18H16ClN3O4. The van der Waals surface area contributed by atoms with Gasteiger partial charge in [0, 0.05) is 18.7 Å². The summed E-state index contributed by atoms with van der Waals surface area (Å²) in [7, 11) is 0. The molecule has 0 saturated carbocycles. The number of amides is 3. The van der Waals surface area contributed by atoms with E-state index in [-0.39, 0.29) is 11.6 Å². The molecule has 0 aromatic heterocycles. The maximum Gasteiger partial charge on any atom is 0.330 e. The second-order valence-corrected chi connectivity index (χ2v) is 6.11. The molecule has 0 bridgehead atoms. The van der Waals surface area contributed by atoms with Crippen molar-refractivity contribution in [1.82, 2.24) is 10.6 Å². The highest BCUT2D eigenvalue weighted by molar-refractivity contribution is 6.34. The van der Waals surface area contributed by atoms with E-state index in [4.69, 9.17) is 11.6 Å². The van der Waals surface area contributed by atoms with Crippen LogP contribution in [-0.2, 0) is 4.79 Å². The summed E-state index contributed by atoms with van der Waals surface area (Å²) in [5.74, 6) is -1.74. The van der Waals surface area contributed by atoms with Gasteiger partial charge in [0.1, 0.15) is 0 Å². The number of hydrogen-bond donors (Lipinski definition) is 3. The van der Waals surface area contributed by atoms with E-state index in [1.54, 1.807) is 30.3 Å². The maximum atomic E-state index is 12.6. The van der Waals surface area contributed by atoms with Gasteiger partial charge in [-0.15, -0.1) is 0 Å². The van der Waals surface area contributed by atoms with Gasteiger partial charge in [-0.25, -0.2) is 9.59 Å². The average molecular weight is 374 g/mol. The lowest BCUT2D eigenvalue weighted by atomic mass is 10.1. The van der Waals surface area contributed by atoms with Crippen molar-refractivity contribution < 1.29 is 19.5 Å². The number of nitrogens with one attached hydrogen (secondary N) is 2. The second-order valence-electron chi connectivity index (χ2n) is 5.71. The zero-order valence-corrected chi connectivity index (χ0v) is 14.4. The number of carbonyl (C=O) groups is 3. The molecule has 1 atom stereocenters. The molecule has 134 valence electrons. The minimum absolute atomic E-state index is 0.214. The fourth-order valence-electron chi connectivity index (χ4n) is 2.71. The van der Waals surface area contributed by atoms with Crippen LogP contribution in [-0.4, -0.2) is 36.1 Å². The Morgan fingerprint density at radius 3 is 2.54 bits per heavy atom. The topological polar surface area (TPSA) is 98.7 Å². The van der Waals surface area contributed by atoms with Gasteiger partial charge in [-0.3, -0.25) is 9.69 Å². The molecule has 8 heteroatoms. The van der Waals surface area contributed by atoms with E-state index in [0.717, 1.165) is 0 Å². The number of nitrogens with zero attached hydrogens (tertiary/aromatic N) is 1. The Kier molecular flexibility index (Phi) is 5.09. The Morgan fingerprint density at radius 2 is 1.92 bits per heavy atom. The van der Waals surface area contributed by atoms with Crippen LogP contribution in [0.5, 0.6) is 0 Å². The van der Waals surface area contributed by atoms with Gasteiger partial charge in [-0.05, 0) is 23.8 Å². The first-order chi connectivity index (χ1) is 12.5. The largest absolute Gasteiger partial charge is 0.479 e. The number of hydrogen-bond acceptors (Lipinski definition) is 3. The van der Waals surface area contributed by atoms with Gasteiger partial charge in [0.25, 0.3) is 5.91 Å². The highest BCUT2D eigenvalue weighted by Gasteiger charge is 2.26. The number of carboxylic acid groups (broad SMARTS) is 1. The molecule has 0 spiro atoms. The smallest absolute Gasteiger partial charge is 0.330 e. The third-order valence-corrected chi connectivity index (χ3v) is 4.33. The van der Waals surface area contributed by atoms with Gasteiger partial charge >= 0.3 is 12.0 Å². The molecule has 7 nitrogen and oxygen atoms in total. The molecule has 1 fully saturated rings. The van der Waals surface area contributed by atoms with Crippen molar-refractivity contribution in [3.05, 3.63) is 64.7 Å². The van der Waals surface area contributed by atoms with Crippen LogP contribution in [0.2, 0.25) is 5.02 Å². The number of carboxylic acids is 1. The molecule has 0 radical (unpaired) electrons. The number of rotatable bonds is 5. The predicted molar refractivity (Wildman–Crippen MR) is 96.5 cm³/mol. The van der Waals surface area contributed by atoms with E-state index in [9.17, 15) is 19.5 Å². The van der Waals surface area contributed by atoms with Crippen LogP contribution in [0, 0.1) is 0 Å². The summed E-state index contributed by atoms with van der Waals surface area (Å²) in [6, 6.07) is 11.4. The lowest BCUT2D eigenvalue weighted by Crippen LogP contribution is -2.34. The van der Waals surface area contributed by atoms with Crippen molar-refractivity contribution in [3.8, 4) is 0 Å². The van der Waals surface area contributed by atoms with E-state index in [1.165, 1.54) is 23.1 Å². The van der Waals surface area contributed by atoms with Crippen LogP contribution in [0.15, 0.2) is 48.5 Å². The van der Waals surface area contributed by atoms with Crippen LogP contribution in [0.4, 0.5) is 10.5 Å². The number of benzene rings is 2. The Labute approximate surface area is 154 Å². The molecule has 1 heterocycles. The zero-order chi connectivity index (χ0) is 18.7. The second kappa shape index (κ2) is 7.45. The standard InChI is InChI=1S/C18H16ClN3O4/c19-13-7-6-12(10-14(13)22-9-8-20-18(22)26)16(23)21-15(17(24)25)11-4-2-1-3-5-11/h1-7,10,15H,8-9H2,(H,20,26)(H,21,23)(H,24,25)/t15-/m1/s1. The molecule has 2 aromatic carbocycles. The van der Waals surface area contributed by atoms with E-state index in [2.05, 4.69) is 10.6 Å². The molecule has 3 N–H and O–H groups in total. The Morgan fingerprint density at radius 1 is 1.19 bits per heavy atom. The number of anilines is 1. The summed E-state index contributed by atoms with van der Waals surface area (Å²) in [4.78, 5) is 37.4. The van der Waals surface area contributed by atoms with Gasteiger partial charge in [0.15, 0.2) is 6.04 Å². The van der Waals surface area contributed by atoms with Crippen molar-refractivity contribution in [3.63, 3.8) is 0 Å². The molecule has 1 saturated heterocycles. The van der Waals surface area contributed by atoms with Crippen molar-refractivity contribution in [2.24, 2.45) is 0 Å². The minimum Gasteiger partial charge on any atom is -0.479 e. The predicted octanol–water partition coefficient (Wildman–Crippen LogP) is 2.43. The molecule has 3 amide bonds. The zero-order valence-electron chi connectivity index (χ0n) is 13.6. The van der Waals surface area contributed by atoms with Crippen LogP contribution < -0.4 is 15.5 Å². The SMILES string of the molecule is O=C(N[C@@H](C(=O)O)c1ccccc1)c1ccc(Cl)c(N2CCNC2=O)c1. The van der Waals surface area contributed by atoms with Gasteiger partial charge in [-0.2, -0.15) is 0 Å². The van der Waals surface area contributed by atoms with E-state index in [1.807, 2.05) is 0 Å². The van der Waals surface area contributed by atoms with E-state index < -0.39 is 17.9 Å². The monoisotopic (exact) mass is 373 g/mol. The first kappa shape index (κ1) is 17.8. The molecule has 3 rings (SSSR count). The van der Waals surface area contributed by atoms with E-state index >= 15 is 0 Å². The van der Waals surface area contributed by atoms with Crippen LogP contribution in [0.1, 0.15) is 22.0 Å². The molecule has 26 heavy (non-hydrogen) atoms. The summed E-state index contributed by atoms with van der Waals surface area (Å²) < 4.78 is 0. The molecule has 1 aliphatic heterocycles. The molecular weight excluding hydrogens is 358 g/mol. The van der Waals surface area contributed by atoms with Crippen LogP contribution >= 0.6 is 11.6 Å². The fraction of sp³-hybridized carbons (Fsp3) is 0.167. The molecule has 2 aromatic rings. The van der Waals surface area contributed by atoms with Crippen molar-refractivity contribution in [2.45, 2.75) is 6.04 Å². The Hall–Kier alpha value is -3.06. The summed E-state index contributed by atoms with van der Waals surface area (Å²) in [5.41, 5.74) is 1.08. The number of carbonyl (C=O) groups excluding carboxylic acids is 2. The average Bonchev–Trinajstić information content (AvgIpc) is 3.06. The normalized spacial score (nSPS) is 14.7. The van der Waals surface area contributed by atoms with Crippen molar-refractivity contribution in [1.29, 1.82) is 0 Å². The minimum atomic E-state index is -1.18. The third kappa shape index (κ3) is 3.62. The van der Waals surface area contributed by atoms with Crippen LogP contribution in [0.3, 0.4) is 0 Å². The Balaban J connectivity index is 1.85. The van der Waals surface area contributed by atoms with Crippen LogP contribution in [0.25, 0.3) is 0 Å². The first-order valence-corrected chi connectivity index (χ1v) is 8.28. The lowest BCUT2D eigenvalue weighted by Gasteiger charge is -2.18. The number of aliphatic carboxylic acids is 1.